The minimum Gasteiger partial charge on any atom is -0.508 e. The van der Waals surface area contributed by atoms with Crippen LogP contribution in [0.1, 0.15) is 16.8 Å². The van der Waals surface area contributed by atoms with Crippen molar-refractivity contribution < 1.29 is 24.9 Å². The number of carboxylic acid groups (broad SMARTS) is 1. The molecule has 2 rings (SSSR count). The average molecular weight is 251 g/mol. The Labute approximate surface area is 103 Å². The van der Waals surface area contributed by atoms with E-state index in [0.717, 1.165) is 6.07 Å². The van der Waals surface area contributed by atoms with Crippen LogP contribution < -0.4 is 0 Å². The van der Waals surface area contributed by atoms with E-state index < -0.39 is 5.97 Å². The molecule has 0 spiro atoms. The van der Waals surface area contributed by atoms with Gasteiger partial charge in [0.1, 0.15) is 11.5 Å². The van der Waals surface area contributed by atoms with Crippen molar-refractivity contribution in [1.29, 1.82) is 0 Å². The smallest absolute Gasteiger partial charge is 0.303 e. The van der Waals surface area contributed by atoms with Gasteiger partial charge in [0.15, 0.2) is 0 Å². The van der Waals surface area contributed by atoms with Gasteiger partial charge in [0.05, 0.1) is 12.0 Å². The maximum atomic E-state index is 11.9. The Hall–Kier alpha value is -2.24. The molecule has 0 bridgehead atoms. The highest BCUT2D eigenvalue weighted by Crippen LogP contribution is 2.27. The molecule has 1 amide bonds. The van der Waals surface area contributed by atoms with Crippen molar-refractivity contribution >= 4 is 11.9 Å². The molecule has 6 heteroatoms. The molecule has 0 saturated carbocycles. The fourth-order valence-electron chi connectivity index (χ4n) is 1.98. The van der Waals surface area contributed by atoms with Crippen LogP contribution in [0.4, 0.5) is 0 Å². The van der Waals surface area contributed by atoms with Crippen LogP contribution >= 0.6 is 0 Å². The van der Waals surface area contributed by atoms with Crippen LogP contribution in [-0.4, -0.2) is 45.2 Å². The van der Waals surface area contributed by atoms with Crippen molar-refractivity contribution in [2.45, 2.75) is 6.42 Å². The van der Waals surface area contributed by atoms with Gasteiger partial charge in [0.25, 0.3) is 5.91 Å². The summed E-state index contributed by atoms with van der Waals surface area (Å²) in [5, 5.41) is 27.3. The number of nitrogens with zero attached hydrogens (tertiary/aromatic N) is 1. The first-order valence-electron chi connectivity index (χ1n) is 5.50. The number of hydrogen-bond acceptors (Lipinski definition) is 4. The number of benzene rings is 1. The highest BCUT2D eigenvalue weighted by atomic mass is 16.4. The lowest BCUT2D eigenvalue weighted by atomic mass is 9.95. The van der Waals surface area contributed by atoms with Crippen molar-refractivity contribution in [3.05, 3.63) is 23.8 Å². The summed E-state index contributed by atoms with van der Waals surface area (Å²) >= 11 is 0. The Bertz CT molecular complexity index is 493. The van der Waals surface area contributed by atoms with Gasteiger partial charge in [-0.1, -0.05) is 0 Å². The number of hydrogen-bond donors (Lipinski definition) is 3. The zero-order chi connectivity index (χ0) is 13.3. The minimum atomic E-state index is -0.875. The van der Waals surface area contributed by atoms with Crippen LogP contribution in [0.5, 0.6) is 11.5 Å². The van der Waals surface area contributed by atoms with E-state index in [1.165, 1.54) is 17.0 Å². The number of carbonyl (C=O) groups excluding carboxylic acids is 1. The molecule has 3 N–H and O–H groups in total. The summed E-state index contributed by atoms with van der Waals surface area (Å²) in [5.41, 5.74) is 0.113. The normalized spacial score (nSPS) is 15.2. The monoisotopic (exact) mass is 251 g/mol. The number of rotatable bonds is 3. The van der Waals surface area contributed by atoms with Crippen LogP contribution in [0.3, 0.4) is 0 Å². The Morgan fingerprint density at radius 2 is 1.94 bits per heavy atom. The maximum absolute atomic E-state index is 11.9. The first-order valence-corrected chi connectivity index (χ1v) is 5.50. The summed E-state index contributed by atoms with van der Waals surface area (Å²) in [6, 6.07) is 3.76. The van der Waals surface area contributed by atoms with Gasteiger partial charge in [-0.15, -0.1) is 0 Å². The molecule has 1 aromatic carbocycles. The van der Waals surface area contributed by atoms with E-state index in [4.69, 9.17) is 10.2 Å². The molecule has 18 heavy (non-hydrogen) atoms. The Balaban J connectivity index is 1.99. The van der Waals surface area contributed by atoms with E-state index >= 15 is 0 Å². The number of likely N-dealkylation sites (tertiary alicyclic amines) is 1. The number of aromatic hydroxyl groups is 2. The fraction of sp³-hybridized carbons (Fsp3) is 0.333. The van der Waals surface area contributed by atoms with E-state index in [9.17, 15) is 14.7 Å². The molecule has 1 aliphatic rings. The fourth-order valence-corrected chi connectivity index (χ4v) is 1.98. The molecule has 1 aromatic rings. The Kier molecular flexibility index (Phi) is 3.10. The standard InChI is InChI=1S/C12H13NO5/c14-8-1-2-9(10(15)4-8)12(18)13-5-7(6-13)3-11(16)17/h1-2,4,7,14-15H,3,5-6H2,(H,16,17). The van der Waals surface area contributed by atoms with E-state index in [0.29, 0.717) is 13.1 Å². The lowest BCUT2D eigenvalue weighted by Gasteiger charge is -2.38. The topological polar surface area (TPSA) is 98.1 Å². The first kappa shape index (κ1) is 12.2. The Morgan fingerprint density at radius 1 is 1.28 bits per heavy atom. The second-order valence-corrected chi connectivity index (χ2v) is 4.38. The van der Waals surface area contributed by atoms with Gasteiger partial charge in [-0.25, -0.2) is 0 Å². The molecule has 1 heterocycles. The molecule has 6 nitrogen and oxygen atoms in total. The molecule has 0 aromatic heterocycles. The Morgan fingerprint density at radius 3 is 2.50 bits per heavy atom. The van der Waals surface area contributed by atoms with Crippen LogP contribution in [-0.2, 0) is 4.79 Å². The van der Waals surface area contributed by atoms with Crippen molar-refractivity contribution in [3.8, 4) is 11.5 Å². The van der Waals surface area contributed by atoms with Gasteiger partial charge in [-0.05, 0) is 12.1 Å². The number of amides is 1. The zero-order valence-corrected chi connectivity index (χ0v) is 9.54. The van der Waals surface area contributed by atoms with Crippen molar-refractivity contribution in [2.75, 3.05) is 13.1 Å². The van der Waals surface area contributed by atoms with E-state index in [2.05, 4.69) is 0 Å². The van der Waals surface area contributed by atoms with Gasteiger partial charge >= 0.3 is 5.97 Å². The van der Waals surface area contributed by atoms with Gasteiger partial charge in [0, 0.05) is 25.1 Å². The number of phenolic OH excluding ortho intramolecular Hbond substituents is 2. The summed E-state index contributed by atoms with van der Waals surface area (Å²) in [4.78, 5) is 23.9. The van der Waals surface area contributed by atoms with Gasteiger partial charge in [-0.2, -0.15) is 0 Å². The number of carbonyl (C=O) groups is 2. The van der Waals surface area contributed by atoms with Crippen LogP contribution in [0.15, 0.2) is 18.2 Å². The number of carboxylic acids is 1. The largest absolute Gasteiger partial charge is 0.508 e. The number of aliphatic carboxylic acids is 1. The van der Waals surface area contributed by atoms with Crippen LogP contribution in [0.25, 0.3) is 0 Å². The molecule has 0 radical (unpaired) electrons. The summed E-state index contributed by atoms with van der Waals surface area (Å²) in [5.74, 6) is -1.64. The third-order valence-electron chi connectivity index (χ3n) is 2.92. The summed E-state index contributed by atoms with van der Waals surface area (Å²) in [7, 11) is 0. The molecule has 0 aliphatic carbocycles. The van der Waals surface area contributed by atoms with Crippen molar-refractivity contribution in [1.82, 2.24) is 4.90 Å². The van der Waals surface area contributed by atoms with Crippen molar-refractivity contribution in [2.24, 2.45) is 5.92 Å². The van der Waals surface area contributed by atoms with Gasteiger partial charge in [0.2, 0.25) is 0 Å². The second-order valence-electron chi connectivity index (χ2n) is 4.38. The minimum absolute atomic E-state index is 0.0225. The summed E-state index contributed by atoms with van der Waals surface area (Å²) in [6.07, 6.45) is 0.0470. The SMILES string of the molecule is O=C(O)CC1CN(C(=O)c2ccc(O)cc2O)C1. The van der Waals surface area contributed by atoms with E-state index in [1.807, 2.05) is 0 Å². The molecular weight excluding hydrogens is 238 g/mol. The first-order chi connectivity index (χ1) is 8.47. The maximum Gasteiger partial charge on any atom is 0.303 e. The van der Waals surface area contributed by atoms with E-state index in [-0.39, 0.29) is 35.3 Å². The predicted molar refractivity (Wildman–Crippen MR) is 61.4 cm³/mol. The van der Waals surface area contributed by atoms with Gasteiger partial charge in [-0.3, -0.25) is 9.59 Å². The highest BCUT2D eigenvalue weighted by molar-refractivity contribution is 5.97. The molecular formula is C12H13NO5. The molecule has 1 fully saturated rings. The average Bonchev–Trinajstić information content (AvgIpc) is 2.21. The summed E-state index contributed by atoms with van der Waals surface area (Å²) < 4.78 is 0. The molecule has 1 aliphatic heterocycles. The van der Waals surface area contributed by atoms with Crippen LogP contribution in [0.2, 0.25) is 0 Å². The number of phenols is 2. The predicted octanol–water partition coefficient (Wildman–Crippen LogP) is 0.644. The highest BCUT2D eigenvalue weighted by Gasteiger charge is 2.33. The molecule has 0 unspecified atom stereocenters. The second kappa shape index (κ2) is 4.56. The lowest BCUT2D eigenvalue weighted by molar-refractivity contribution is -0.139. The third kappa shape index (κ3) is 2.37. The third-order valence-corrected chi connectivity index (χ3v) is 2.92. The van der Waals surface area contributed by atoms with Crippen LogP contribution in [0, 0.1) is 5.92 Å². The lowest BCUT2D eigenvalue weighted by Crippen LogP contribution is -2.50. The molecule has 96 valence electrons. The summed E-state index contributed by atoms with van der Waals surface area (Å²) in [6.45, 7) is 0.761. The van der Waals surface area contributed by atoms with E-state index in [1.54, 1.807) is 0 Å². The molecule has 1 saturated heterocycles. The zero-order valence-electron chi connectivity index (χ0n) is 9.54. The van der Waals surface area contributed by atoms with Crippen molar-refractivity contribution in [3.63, 3.8) is 0 Å². The molecule has 0 atom stereocenters. The van der Waals surface area contributed by atoms with Gasteiger partial charge < -0.3 is 20.2 Å². The quantitative estimate of drug-likeness (QED) is 0.732.